The highest BCUT2D eigenvalue weighted by Gasteiger charge is 2.21. The van der Waals surface area contributed by atoms with Crippen molar-refractivity contribution in [3.05, 3.63) is 54.4 Å². The summed E-state index contributed by atoms with van der Waals surface area (Å²) in [6, 6.07) is 10.1. The second-order valence-corrected chi connectivity index (χ2v) is 6.34. The summed E-state index contributed by atoms with van der Waals surface area (Å²) in [5.41, 5.74) is 1.42. The number of nitrogens with one attached hydrogen (secondary N) is 2. The first kappa shape index (κ1) is 15.5. The largest absolute Gasteiger partial charge is 0.384 e. The SMILES string of the molecule is CCNc1ccccc1S(=O)(=O)NC(C)c1cccnc1. The predicted molar refractivity (Wildman–Crippen MR) is 83.6 cm³/mol. The van der Waals surface area contributed by atoms with Gasteiger partial charge >= 0.3 is 0 Å². The summed E-state index contributed by atoms with van der Waals surface area (Å²) in [4.78, 5) is 4.26. The molecular weight excluding hydrogens is 286 g/mol. The standard InChI is InChI=1S/C15H19N3O2S/c1-3-17-14-8-4-5-9-15(14)21(19,20)18-12(2)13-7-6-10-16-11-13/h4-12,17-18H,3H2,1-2H3. The Bertz CT molecular complexity index is 687. The molecule has 0 fully saturated rings. The lowest BCUT2D eigenvalue weighted by Crippen LogP contribution is -2.27. The highest BCUT2D eigenvalue weighted by Crippen LogP contribution is 2.22. The zero-order chi connectivity index (χ0) is 15.3. The fourth-order valence-corrected chi connectivity index (χ4v) is 3.45. The van der Waals surface area contributed by atoms with Gasteiger partial charge in [-0.05, 0) is 37.6 Å². The van der Waals surface area contributed by atoms with E-state index in [0.717, 1.165) is 5.56 Å². The second kappa shape index (κ2) is 6.69. The van der Waals surface area contributed by atoms with E-state index in [4.69, 9.17) is 0 Å². The maximum Gasteiger partial charge on any atom is 0.243 e. The molecule has 1 unspecified atom stereocenters. The molecule has 5 nitrogen and oxygen atoms in total. The normalized spacial score (nSPS) is 12.9. The molecule has 1 atom stereocenters. The van der Waals surface area contributed by atoms with Crippen molar-refractivity contribution < 1.29 is 8.42 Å². The Labute approximate surface area is 125 Å². The van der Waals surface area contributed by atoms with Gasteiger partial charge in [0.2, 0.25) is 10.0 Å². The van der Waals surface area contributed by atoms with Crippen molar-refractivity contribution in [2.45, 2.75) is 24.8 Å². The van der Waals surface area contributed by atoms with Crippen molar-refractivity contribution in [1.82, 2.24) is 9.71 Å². The van der Waals surface area contributed by atoms with Crippen molar-refractivity contribution in [1.29, 1.82) is 0 Å². The lowest BCUT2D eigenvalue weighted by Gasteiger charge is -2.16. The highest BCUT2D eigenvalue weighted by molar-refractivity contribution is 7.89. The third-order valence-electron chi connectivity index (χ3n) is 3.06. The Kier molecular flexibility index (Phi) is 4.93. The monoisotopic (exact) mass is 305 g/mol. The molecule has 2 N–H and O–H groups in total. The number of hydrogen-bond donors (Lipinski definition) is 2. The number of aromatic nitrogens is 1. The lowest BCUT2D eigenvalue weighted by atomic mass is 10.2. The number of benzene rings is 1. The molecule has 1 aromatic carbocycles. The quantitative estimate of drug-likeness (QED) is 0.860. The molecule has 2 rings (SSSR count). The Morgan fingerprint density at radius 3 is 2.62 bits per heavy atom. The van der Waals surface area contributed by atoms with Gasteiger partial charge in [-0.2, -0.15) is 0 Å². The first-order valence-electron chi connectivity index (χ1n) is 6.79. The Balaban J connectivity index is 2.27. The molecule has 1 heterocycles. The van der Waals surface area contributed by atoms with Crippen LogP contribution in [0.2, 0.25) is 0 Å². The van der Waals surface area contributed by atoms with E-state index < -0.39 is 10.0 Å². The molecule has 0 saturated heterocycles. The topological polar surface area (TPSA) is 71.1 Å². The van der Waals surface area contributed by atoms with Crippen molar-refractivity contribution in [3.63, 3.8) is 0 Å². The maximum atomic E-state index is 12.5. The summed E-state index contributed by atoms with van der Waals surface area (Å²) in [6.45, 7) is 4.38. The first-order valence-corrected chi connectivity index (χ1v) is 8.28. The van der Waals surface area contributed by atoms with Gasteiger partial charge in [0, 0.05) is 25.0 Å². The van der Waals surface area contributed by atoms with Crippen molar-refractivity contribution in [3.8, 4) is 0 Å². The lowest BCUT2D eigenvalue weighted by molar-refractivity contribution is 0.567. The second-order valence-electron chi connectivity index (χ2n) is 4.66. The summed E-state index contributed by atoms with van der Waals surface area (Å²) in [5, 5.41) is 3.06. The van der Waals surface area contributed by atoms with E-state index >= 15 is 0 Å². The molecule has 0 aliphatic heterocycles. The van der Waals surface area contributed by atoms with Crippen LogP contribution < -0.4 is 10.0 Å². The van der Waals surface area contributed by atoms with Crippen LogP contribution >= 0.6 is 0 Å². The van der Waals surface area contributed by atoms with E-state index in [-0.39, 0.29) is 10.9 Å². The van der Waals surface area contributed by atoms with Crippen LogP contribution in [0, 0.1) is 0 Å². The Hall–Kier alpha value is -1.92. The summed E-state index contributed by atoms with van der Waals surface area (Å²) >= 11 is 0. The zero-order valence-electron chi connectivity index (χ0n) is 12.1. The summed E-state index contributed by atoms with van der Waals surface area (Å²) < 4.78 is 27.8. The Morgan fingerprint density at radius 2 is 1.95 bits per heavy atom. The van der Waals surface area contributed by atoms with Crippen molar-refractivity contribution in [2.24, 2.45) is 0 Å². The highest BCUT2D eigenvalue weighted by atomic mass is 32.2. The first-order chi connectivity index (χ1) is 10.0. The third kappa shape index (κ3) is 3.80. The minimum atomic E-state index is -3.60. The molecule has 0 aliphatic rings. The summed E-state index contributed by atoms with van der Waals surface area (Å²) in [6.07, 6.45) is 3.31. The molecule has 2 aromatic rings. The van der Waals surface area contributed by atoms with Gasteiger partial charge in [-0.1, -0.05) is 18.2 Å². The van der Waals surface area contributed by atoms with E-state index in [2.05, 4.69) is 15.0 Å². The van der Waals surface area contributed by atoms with Gasteiger partial charge in [0.1, 0.15) is 4.90 Å². The Morgan fingerprint density at radius 1 is 1.19 bits per heavy atom. The van der Waals surface area contributed by atoms with Crippen LogP contribution in [0.5, 0.6) is 0 Å². The van der Waals surface area contributed by atoms with Crippen LogP contribution in [-0.2, 0) is 10.0 Å². The number of hydrogen-bond acceptors (Lipinski definition) is 4. The van der Waals surface area contributed by atoms with Crippen molar-refractivity contribution in [2.75, 3.05) is 11.9 Å². The molecular formula is C15H19N3O2S. The zero-order valence-corrected chi connectivity index (χ0v) is 12.9. The molecule has 0 bridgehead atoms. The van der Waals surface area contributed by atoms with E-state index in [1.807, 2.05) is 19.1 Å². The van der Waals surface area contributed by atoms with Gasteiger partial charge < -0.3 is 5.32 Å². The number of nitrogens with zero attached hydrogens (tertiary/aromatic N) is 1. The maximum absolute atomic E-state index is 12.5. The van der Waals surface area contributed by atoms with Gasteiger partial charge in [-0.25, -0.2) is 13.1 Å². The fraction of sp³-hybridized carbons (Fsp3) is 0.267. The van der Waals surface area contributed by atoms with Gasteiger partial charge in [0.15, 0.2) is 0 Å². The van der Waals surface area contributed by atoms with E-state index in [9.17, 15) is 8.42 Å². The van der Waals surface area contributed by atoms with Gasteiger partial charge in [-0.3, -0.25) is 4.98 Å². The van der Waals surface area contributed by atoms with Crippen LogP contribution in [0.4, 0.5) is 5.69 Å². The number of anilines is 1. The van der Waals surface area contributed by atoms with E-state index in [1.54, 1.807) is 43.6 Å². The number of sulfonamides is 1. The fourth-order valence-electron chi connectivity index (χ4n) is 2.03. The molecule has 6 heteroatoms. The van der Waals surface area contributed by atoms with Crippen LogP contribution in [0.3, 0.4) is 0 Å². The molecule has 0 aliphatic carbocycles. The molecule has 0 amide bonds. The van der Waals surface area contributed by atoms with E-state index in [0.29, 0.717) is 12.2 Å². The van der Waals surface area contributed by atoms with Gasteiger partial charge in [0.25, 0.3) is 0 Å². The summed E-state index contributed by atoms with van der Waals surface area (Å²) in [5.74, 6) is 0. The van der Waals surface area contributed by atoms with Crippen LogP contribution in [0.15, 0.2) is 53.7 Å². The number of para-hydroxylation sites is 1. The molecule has 0 spiro atoms. The molecule has 0 radical (unpaired) electrons. The third-order valence-corrected chi connectivity index (χ3v) is 4.66. The van der Waals surface area contributed by atoms with E-state index in [1.165, 1.54) is 0 Å². The number of pyridine rings is 1. The molecule has 112 valence electrons. The minimum absolute atomic E-state index is 0.252. The van der Waals surface area contributed by atoms with Gasteiger partial charge in [0.05, 0.1) is 5.69 Å². The van der Waals surface area contributed by atoms with Crippen molar-refractivity contribution >= 4 is 15.7 Å². The van der Waals surface area contributed by atoms with Gasteiger partial charge in [-0.15, -0.1) is 0 Å². The van der Waals surface area contributed by atoms with Crippen LogP contribution in [-0.4, -0.2) is 19.9 Å². The molecule has 1 aromatic heterocycles. The van der Waals surface area contributed by atoms with Crippen LogP contribution in [0.1, 0.15) is 25.5 Å². The smallest absolute Gasteiger partial charge is 0.243 e. The average molecular weight is 305 g/mol. The summed E-state index contributed by atoms with van der Waals surface area (Å²) in [7, 11) is -3.60. The number of rotatable bonds is 6. The molecule has 0 saturated carbocycles. The predicted octanol–water partition coefficient (Wildman–Crippen LogP) is 2.55. The minimum Gasteiger partial charge on any atom is -0.384 e. The average Bonchev–Trinajstić information content (AvgIpc) is 2.48. The molecule has 21 heavy (non-hydrogen) atoms. The van der Waals surface area contributed by atoms with Crippen LogP contribution in [0.25, 0.3) is 0 Å².